The van der Waals surface area contributed by atoms with Gasteiger partial charge in [0.05, 0.1) is 11.5 Å². The fourth-order valence-electron chi connectivity index (χ4n) is 3.50. The van der Waals surface area contributed by atoms with Crippen molar-refractivity contribution in [3.05, 3.63) is 64.6 Å². The molecule has 4 rings (SSSR count). The number of nitrogens with zero attached hydrogens (tertiary/aromatic N) is 2. The van der Waals surface area contributed by atoms with Crippen LogP contribution in [0.3, 0.4) is 0 Å². The Morgan fingerprint density at radius 3 is 2.70 bits per heavy atom. The highest BCUT2D eigenvalue weighted by Crippen LogP contribution is 2.33. The number of benzene rings is 2. The Morgan fingerprint density at radius 2 is 1.95 bits per heavy atom. The molecule has 0 atom stereocenters. The maximum Gasteiger partial charge on any atom is 0.306 e. The van der Waals surface area contributed by atoms with Gasteiger partial charge in [0.15, 0.2) is 10.2 Å². The van der Waals surface area contributed by atoms with Gasteiger partial charge in [0.1, 0.15) is 16.2 Å². The lowest BCUT2D eigenvalue weighted by molar-refractivity contribution is -0.155. The van der Waals surface area contributed by atoms with Crippen molar-refractivity contribution in [1.29, 1.82) is 0 Å². The highest BCUT2D eigenvalue weighted by Gasteiger charge is 2.36. The second-order valence-electron chi connectivity index (χ2n) is 9.15. The Hall–Kier alpha value is -3.22. The van der Waals surface area contributed by atoms with Crippen LogP contribution in [-0.2, 0) is 24.3 Å². The average Bonchev–Trinajstić information content (AvgIpc) is 3.23. The lowest BCUT2D eigenvalue weighted by Crippen LogP contribution is -2.44. The number of amidine groups is 1. The van der Waals surface area contributed by atoms with Crippen molar-refractivity contribution in [3.63, 3.8) is 0 Å². The first-order valence-corrected chi connectivity index (χ1v) is 14.0. The third kappa shape index (κ3) is 6.56. The van der Waals surface area contributed by atoms with E-state index in [0.717, 1.165) is 22.3 Å². The van der Waals surface area contributed by atoms with Gasteiger partial charge in [0, 0.05) is 12.0 Å². The first-order chi connectivity index (χ1) is 17.4. The summed E-state index contributed by atoms with van der Waals surface area (Å²) in [5, 5.41) is 1.11. The van der Waals surface area contributed by atoms with E-state index in [4.69, 9.17) is 21.7 Å². The number of nitrogens with one attached hydrogen (secondary N) is 1. The van der Waals surface area contributed by atoms with E-state index in [1.54, 1.807) is 42.5 Å². The van der Waals surface area contributed by atoms with Crippen LogP contribution in [0.25, 0.3) is 6.08 Å². The molecule has 2 heterocycles. The molecule has 1 fully saturated rings. The van der Waals surface area contributed by atoms with Crippen LogP contribution in [0.4, 0.5) is 0 Å². The number of rotatable bonds is 7. The number of esters is 1. The highest BCUT2D eigenvalue weighted by atomic mass is 32.2. The molecule has 0 spiro atoms. The molecular formula is C25H25N3O6S3. The van der Waals surface area contributed by atoms with E-state index in [2.05, 4.69) is 9.82 Å². The van der Waals surface area contributed by atoms with Crippen molar-refractivity contribution >= 4 is 62.1 Å². The van der Waals surface area contributed by atoms with Gasteiger partial charge in [0.25, 0.3) is 15.9 Å². The lowest BCUT2D eigenvalue weighted by atomic mass is 10.2. The fraction of sp³-hybridized carbons (Fsp3) is 0.280. The maximum absolute atomic E-state index is 13.0. The molecule has 2 aromatic rings. The smallest absolute Gasteiger partial charge is 0.306 e. The minimum absolute atomic E-state index is 0.0370. The van der Waals surface area contributed by atoms with Gasteiger partial charge in [-0.25, -0.2) is 0 Å². The number of hydrogen-bond acceptors (Lipinski definition) is 9. The van der Waals surface area contributed by atoms with Crippen LogP contribution in [0.2, 0.25) is 0 Å². The number of carbonyl (C=O) groups excluding carboxylic acids is 2. The first-order valence-electron chi connectivity index (χ1n) is 11.4. The predicted molar refractivity (Wildman–Crippen MR) is 145 cm³/mol. The number of sulfonamides is 1. The Labute approximate surface area is 224 Å². The van der Waals surface area contributed by atoms with E-state index in [0.29, 0.717) is 29.2 Å². The highest BCUT2D eigenvalue weighted by molar-refractivity contribution is 8.26. The summed E-state index contributed by atoms with van der Waals surface area (Å²) in [6, 6.07) is 13.5. The van der Waals surface area contributed by atoms with Crippen LogP contribution in [0.1, 0.15) is 44.7 Å². The van der Waals surface area contributed by atoms with Gasteiger partial charge in [-0.05, 0) is 75.3 Å². The molecule has 1 N–H and O–H groups in total. The van der Waals surface area contributed by atoms with Crippen LogP contribution in [-0.4, -0.2) is 47.7 Å². The molecular weight excluding hydrogens is 534 g/mol. The number of thioether (sulfide) groups is 1. The fourth-order valence-corrected chi connectivity index (χ4v) is 5.85. The topological polar surface area (TPSA) is 114 Å². The molecule has 0 unspecified atom stereocenters. The normalized spacial score (nSPS) is 17.5. The van der Waals surface area contributed by atoms with E-state index in [-0.39, 0.29) is 27.4 Å². The van der Waals surface area contributed by atoms with Gasteiger partial charge < -0.3 is 9.47 Å². The number of fused-ring (bicyclic) bond motifs is 1. The summed E-state index contributed by atoms with van der Waals surface area (Å²) in [6.07, 6.45) is 2.44. The molecule has 2 aromatic carbocycles. The summed E-state index contributed by atoms with van der Waals surface area (Å²) in [6.45, 7) is 5.80. The molecule has 1 saturated heterocycles. The Bertz CT molecular complexity index is 1430. The molecule has 9 nitrogen and oxygen atoms in total. The maximum atomic E-state index is 13.0. The number of hydrogen-bond donors (Lipinski definition) is 1. The van der Waals surface area contributed by atoms with Crippen molar-refractivity contribution in [2.24, 2.45) is 4.40 Å². The van der Waals surface area contributed by atoms with Crippen LogP contribution < -0.4 is 10.2 Å². The standard InChI is InChI=1S/C25H25N3O6S3/c1-25(2,3)34-21(29)12-7-13-33-17-9-6-8-16(14-17)15-19-23(30)28(24(35)36-19)26-22-18-10-4-5-11-20(18)37(31,32)27-22/h4-6,8-11,14-15H,7,12-13H2,1-3H3,(H,26,27)/b19-15-. The molecule has 0 aliphatic carbocycles. The molecule has 12 heteroatoms. The van der Waals surface area contributed by atoms with E-state index in [9.17, 15) is 18.0 Å². The zero-order valence-corrected chi connectivity index (χ0v) is 22.8. The quantitative estimate of drug-likeness (QED) is 0.232. The zero-order chi connectivity index (χ0) is 26.8. The molecule has 2 aliphatic heterocycles. The van der Waals surface area contributed by atoms with Crippen molar-refractivity contribution < 1.29 is 27.5 Å². The molecule has 37 heavy (non-hydrogen) atoms. The number of amides is 1. The summed E-state index contributed by atoms with van der Waals surface area (Å²) < 4.78 is 39.6. The summed E-state index contributed by atoms with van der Waals surface area (Å²) >= 11 is 6.44. The number of carbonyl (C=O) groups is 2. The molecule has 2 aliphatic rings. The van der Waals surface area contributed by atoms with Gasteiger partial charge >= 0.3 is 5.97 Å². The van der Waals surface area contributed by atoms with Crippen molar-refractivity contribution in [3.8, 4) is 5.75 Å². The second-order valence-corrected chi connectivity index (χ2v) is 12.4. The molecule has 1 amide bonds. The van der Waals surface area contributed by atoms with E-state index in [1.165, 1.54) is 6.07 Å². The number of ether oxygens (including phenoxy) is 2. The predicted octanol–water partition coefficient (Wildman–Crippen LogP) is 4.04. The van der Waals surface area contributed by atoms with Gasteiger partial charge in [0.2, 0.25) is 0 Å². The van der Waals surface area contributed by atoms with Crippen molar-refractivity contribution in [2.45, 2.75) is 44.1 Å². The van der Waals surface area contributed by atoms with Crippen LogP contribution in [0, 0.1) is 0 Å². The molecule has 194 valence electrons. The SMILES string of the molecule is CC(C)(C)OC(=O)CCCOc1cccc(/C=C2\SC(=S)N(NC3=NS(=O)(=O)c4ccccc43)C2=O)c1. The Morgan fingerprint density at radius 1 is 1.19 bits per heavy atom. The average molecular weight is 560 g/mol. The van der Waals surface area contributed by atoms with Gasteiger partial charge in [-0.3, -0.25) is 15.0 Å². The van der Waals surface area contributed by atoms with Crippen LogP contribution >= 0.6 is 24.0 Å². The van der Waals surface area contributed by atoms with Gasteiger partial charge in [-0.15, -0.1) is 4.40 Å². The van der Waals surface area contributed by atoms with Crippen LogP contribution in [0.15, 0.2) is 62.7 Å². The second kappa shape index (κ2) is 10.6. The van der Waals surface area contributed by atoms with Crippen LogP contribution in [0.5, 0.6) is 5.75 Å². The summed E-state index contributed by atoms with van der Waals surface area (Å²) in [5.74, 6) is -0.0723. The van der Waals surface area contributed by atoms with Crippen molar-refractivity contribution in [1.82, 2.24) is 10.4 Å². The minimum Gasteiger partial charge on any atom is -0.494 e. The first kappa shape index (κ1) is 26.8. The van der Waals surface area contributed by atoms with Crippen molar-refractivity contribution in [2.75, 3.05) is 6.61 Å². The Kier molecular flexibility index (Phi) is 7.72. The monoisotopic (exact) mass is 559 g/mol. The molecule has 0 aromatic heterocycles. The number of hydrazine groups is 1. The summed E-state index contributed by atoms with van der Waals surface area (Å²) in [5.41, 5.74) is 3.34. The third-order valence-electron chi connectivity index (χ3n) is 5.01. The summed E-state index contributed by atoms with van der Waals surface area (Å²) in [4.78, 5) is 25.3. The molecule has 0 bridgehead atoms. The number of thiocarbonyl (C=S) groups is 1. The lowest BCUT2D eigenvalue weighted by Gasteiger charge is -2.19. The van der Waals surface area contributed by atoms with E-state index < -0.39 is 21.5 Å². The molecule has 0 saturated carbocycles. The van der Waals surface area contributed by atoms with E-state index >= 15 is 0 Å². The summed E-state index contributed by atoms with van der Waals surface area (Å²) in [7, 11) is -3.84. The molecule has 0 radical (unpaired) electrons. The zero-order valence-electron chi connectivity index (χ0n) is 20.4. The largest absolute Gasteiger partial charge is 0.494 e. The third-order valence-corrected chi connectivity index (χ3v) is 7.65. The van der Waals surface area contributed by atoms with E-state index in [1.807, 2.05) is 26.8 Å². The Balaban J connectivity index is 1.39. The van der Waals surface area contributed by atoms with Gasteiger partial charge in [-0.2, -0.15) is 13.4 Å². The van der Waals surface area contributed by atoms with Gasteiger partial charge in [-0.1, -0.05) is 36.0 Å². The minimum atomic E-state index is -3.84.